The number of carbonyl (C=O) groups excluding carboxylic acids is 2. The Balaban J connectivity index is 1.22. The van der Waals surface area contributed by atoms with Crippen LogP contribution in [-0.4, -0.2) is 68.3 Å². The van der Waals surface area contributed by atoms with E-state index in [1.54, 1.807) is 25.4 Å². The van der Waals surface area contributed by atoms with Crippen molar-refractivity contribution in [3.8, 4) is 11.3 Å². The van der Waals surface area contributed by atoms with E-state index in [0.717, 1.165) is 61.2 Å². The number of rotatable bonds is 9. The molecule has 0 spiro atoms. The molecule has 5 rings (SSSR count). The number of hydrogen-bond donors (Lipinski definition) is 2. The minimum Gasteiger partial charge on any atom is -0.370 e. The fraction of sp³-hybridized carbons (Fsp3) is 0.406. The lowest BCUT2D eigenvalue weighted by molar-refractivity contribution is -0.130. The first-order chi connectivity index (χ1) is 20.7. The molecule has 0 aliphatic carbocycles. The van der Waals surface area contributed by atoms with Gasteiger partial charge in [0.25, 0.3) is 5.91 Å². The van der Waals surface area contributed by atoms with Gasteiger partial charge in [-0.3, -0.25) is 14.6 Å². The fourth-order valence-corrected chi connectivity index (χ4v) is 5.61. The molecule has 1 aliphatic rings. The Kier molecular flexibility index (Phi) is 9.18. The number of carbonyl (C=O) groups is 2. The first-order valence-corrected chi connectivity index (χ1v) is 14.7. The summed E-state index contributed by atoms with van der Waals surface area (Å²) >= 11 is 0. The maximum Gasteiger partial charge on any atom is 0.254 e. The number of pyridine rings is 1. The van der Waals surface area contributed by atoms with Gasteiger partial charge >= 0.3 is 0 Å². The van der Waals surface area contributed by atoms with Gasteiger partial charge in [-0.2, -0.15) is 0 Å². The molecule has 3 aromatic heterocycles. The summed E-state index contributed by atoms with van der Waals surface area (Å²) < 4.78 is 14.5. The van der Waals surface area contributed by atoms with Crippen LogP contribution in [0.4, 0.5) is 10.2 Å². The molecule has 2 N–H and O–H groups in total. The van der Waals surface area contributed by atoms with Crippen molar-refractivity contribution in [1.29, 1.82) is 0 Å². The third kappa shape index (κ3) is 6.76. The SMILES string of the molecule is CNC(=O)c1c(F)cnc2c(C(C)[C@H](C)CNc3cc(-c4cnc(CC5CCN(C(C)=O)CC5)nc4)ncn3)cccc12. The maximum absolute atomic E-state index is 14.5. The summed E-state index contributed by atoms with van der Waals surface area (Å²) in [5, 5.41) is 6.43. The molecule has 43 heavy (non-hydrogen) atoms. The van der Waals surface area contributed by atoms with Crippen LogP contribution in [0, 0.1) is 17.7 Å². The molecule has 2 atom stereocenters. The smallest absolute Gasteiger partial charge is 0.254 e. The van der Waals surface area contributed by atoms with Gasteiger partial charge < -0.3 is 15.5 Å². The van der Waals surface area contributed by atoms with Crippen molar-refractivity contribution in [3.63, 3.8) is 0 Å². The molecule has 2 amide bonds. The fourth-order valence-electron chi connectivity index (χ4n) is 5.61. The van der Waals surface area contributed by atoms with Gasteiger partial charge in [0, 0.05) is 69.4 Å². The summed E-state index contributed by atoms with van der Waals surface area (Å²) in [7, 11) is 1.48. The highest BCUT2D eigenvalue weighted by Crippen LogP contribution is 2.32. The number of likely N-dealkylation sites (tertiary alicyclic amines) is 1. The van der Waals surface area contributed by atoms with E-state index in [4.69, 9.17) is 0 Å². The summed E-state index contributed by atoms with van der Waals surface area (Å²) in [6.07, 6.45) is 8.97. The normalized spacial score (nSPS) is 15.2. The maximum atomic E-state index is 14.5. The van der Waals surface area contributed by atoms with Gasteiger partial charge in [-0.15, -0.1) is 0 Å². The zero-order valence-electron chi connectivity index (χ0n) is 25.0. The number of hydrogen-bond acceptors (Lipinski definition) is 8. The molecule has 4 aromatic rings. The number of amides is 2. The topological polar surface area (TPSA) is 126 Å². The summed E-state index contributed by atoms with van der Waals surface area (Å²) in [6.45, 7) is 8.06. The Hall–Kier alpha value is -4.54. The molecule has 0 saturated carbocycles. The molecule has 4 heterocycles. The van der Waals surface area contributed by atoms with Crippen molar-refractivity contribution in [3.05, 3.63) is 72.0 Å². The van der Waals surface area contributed by atoms with Gasteiger partial charge in [0.05, 0.1) is 23.0 Å². The third-order valence-corrected chi connectivity index (χ3v) is 8.49. The summed E-state index contributed by atoms with van der Waals surface area (Å²) in [5.41, 5.74) is 3.11. The largest absolute Gasteiger partial charge is 0.370 e. The van der Waals surface area contributed by atoms with Crippen molar-refractivity contribution < 1.29 is 14.0 Å². The van der Waals surface area contributed by atoms with Crippen LogP contribution in [0.2, 0.25) is 0 Å². The van der Waals surface area contributed by atoms with E-state index in [9.17, 15) is 14.0 Å². The van der Waals surface area contributed by atoms with Crippen LogP contribution >= 0.6 is 0 Å². The second-order valence-corrected chi connectivity index (χ2v) is 11.3. The van der Waals surface area contributed by atoms with Crippen LogP contribution in [0.15, 0.2) is 49.2 Å². The highest BCUT2D eigenvalue weighted by molar-refractivity contribution is 6.06. The Morgan fingerprint density at radius 3 is 2.49 bits per heavy atom. The Morgan fingerprint density at radius 1 is 1.05 bits per heavy atom. The minimum absolute atomic E-state index is 0.00727. The Labute approximate surface area is 250 Å². The molecule has 11 heteroatoms. The van der Waals surface area contributed by atoms with Crippen molar-refractivity contribution in [2.75, 3.05) is 32.0 Å². The first-order valence-electron chi connectivity index (χ1n) is 14.7. The monoisotopic (exact) mass is 584 g/mol. The standard InChI is InChI=1S/C32H37FN8O2/c1-19(20(2)24-6-5-7-25-30(32(43)34-4)26(33)17-38-31(24)25)14-35-29-13-27(39-18-40-29)23-15-36-28(37-16-23)12-22-8-10-41(11-9-22)21(3)42/h5-7,13,15-20,22H,8-12,14H2,1-4H3,(H,34,43)(H,35,39,40)/t19-,20?/m1/s1. The molecular formula is C32H37FN8O2. The summed E-state index contributed by atoms with van der Waals surface area (Å²) in [6, 6.07) is 7.42. The van der Waals surface area contributed by atoms with E-state index in [0.29, 0.717) is 29.2 Å². The zero-order valence-corrected chi connectivity index (χ0v) is 25.0. The lowest BCUT2D eigenvalue weighted by Crippen LogP contribution is -2.37. The molecule has 10 nitrogen and oxygen atoms in total. The predicted octanol–water partition coefficient (Wildman–Crippen LogP) is 4.63. The average Bonchev–Trinajstić information content (AvgIpc) is 3.03. The molecule has 1 aliphatic heterocycles. The van der Waals surface area contributed by atoms with Gasteiger partial charge in [0.2, 0.25) is 5.91 Å². The Bertz CT molecular complexity index is 1610. The quantitative estimate of drug-likeness (QED) is 0.292. The van der Waals surface area contributed by atoms with Crippen molar-refractivity contribution in [2.24, 2.45) is 11.8 Å². The highest BCUT2D eigenvalue weighted by Gasteiger charge is 2.23. The van der Waals surface area contributed by atoms with Crippen LogP contribution in [0.3, 0.4) is 0 Å². The van der Waals surface area contributed by atoms with Gasteiger partial charge in [-0.1, -0.05) is 32.0 Å². The predicted molar refractivity (Wildman–Crippen MR) is 163 cm³/mol. The van der Waals surface area contributed by atoms with Gasteiger partial charge in [-0.25, -0.2) is 24.3 Å². The number of benzene rings is 1. The van der Waals surface area contributed by atoms with Crippen molar-refractivity contribution in [1.82, 2.24) is 35.1 Å². The van der Waals surface area contributed by atoms with Gasteiger partial charge in [-0.05, 0) is 36.2 Å². The molecule has 0 radical (unpaired) electrons. The molecule has 1 unspecified atom stereocenters. The average molecular weight is 585 g/mol. The van der Waals surface area contributed by atoms with Crippen LogP contribution in [0.1, 0.15) is 61.3 Å². The zero-order chi connectivity index (χ0) is 30.5. The third-order valence-electron chi connectivity index (χ3n) is 8.49. The molecule has 224 valence electrons. The van der Waals surface area contributed by atoms with Crippen LogP contribution in [0.5, 0.6) is 0 Å². The highest BCUT2D eigenvalue weighted by atomic mass is 19.1. The van der Waals surface area contributed by atoms with E-state index < -0.39 is 11.7 Å². The second-order valence-electron chi connectivity index (χ2n) is 11.3. The van der Waals surface area contributed by atoms with Crippen molar-refractivity contribution >= 4 is 28.5 Å². The molecular weight excluding hydrogens is 547 g/mol. The molecule has 1 fully saturated rings. The van der Waals surface area contributed by atoms with Crippen molar-refractivity contribution in [2.45, 2.75) is 46.0 Å². The van der Waals surface area contributed by atoms with E-state index in [1.165, 1.54) is 13.4 Å². The number of nitrogens with one attached hydrogen (secondary N) is 2. The molecule has 1 aromatic carbocycles. The number of piperidine rings is 1. The van der Waals surface area contributed by atoms with Crippen LogP contribution in [-0.2, 0) is 11.2 Å². The van der Waals surface area contributed by atoms with E-state index in [-0.39, 0.29) is 23.3 Å². The van der Waals surface area contributed by atoms with Gasteiger partial charge in [0.1, 0.15) is 18.0 Å². The number of para-hydroxylation sites is 1. The number of nitrogens with zero attached hydrogens (tertiary/aromatic N) is 6. The summed E-state index contributed by atoms with van der Waals surface area (Å²) in [5.74, 6) is 1.20. The first kappa shape index (κ1) is 29.9. The van der Waals surface area contributed by atoms with E-state index in [1.807, 2.05) is 23.1 Å². The molecule has 1 saturated heterocycles. The van der Waals surface area contributed by atoms with Crippen LogP contribution in [0.25, 0.3) is 22.2 Å². The molecule has 0 bridgehead atoms. The van der Waals surface area contributed by atoms with Gasteiger partial charge in [0.15, 0.2) is 5.82 Å². The number of halogens is 1. The minimum atomic E-state index is -0.641. The Morgan fingerprint density at radius 2 is 1.79 bits per heavy atom. The lowest BCUT2D eigenvalue weighted by Gasteiger charge is -2.30. The second kappa shape index (κ2) is 13.2. The van der Waals surface area contributed by atoms with E-state index >= 15 is 0 Å². The van der Waals surface area contributed by atoms with E-state index in [2.05, 4.69) is 49.4 Å². The number of fused-ring (bicyclic) bond motifs is 1. The lowest BCUT2D eigenvalue weighted by atomic mass is 9.87. The number of anilines is 1. The number of aromatic nitrogens is 5. The van der Waals surface area contributed by atoms with Crippen LogP contribution < -0.4 is 10.6 Å². The summed E-state index contributed by atoms with van der Waals surface area (Å²) in [4.78, 5) is 48.2.